The topological polar surface area (TPSA) is 61.7 Å². The highest BCUT2D eigenvalue weighted by atomic mass is 35.5. The first-order chi connectivity index (χ1) is 10.1. The number of nitrogen functional groups attached to an aromatic ring is 1. The van der Waals surface area contributed by atoms with Crippen molar-refractivity contribution in [2.24, 2.45) is 0 Å². The number of anilines is 1. The first-order valence-corrected chi connectivity index (χ1v) is 7.06. The fourth-order valence-electron chi connectivity index (χ4n) is 2.26. The Morgan fingerprint density at radius 1 is 1.24 bits per heavy atom. The van der Waals surface area contributed by atoms with Crippen LogP contribution >= 0.6 is 11.6 Å². The third-order valence-corrected chi connectivity index (χ3v) is 3.99. The van der Waals surface area contributed by atoms with Gasteiger partial charge >= 0.3 is 0 Å². The van der Waals surface area contributed by atoms with Gasteiger partial charge in [-0.2, -0.15) is 10.2 Å². The van der Waals surface area contributed by atoms with Crippen LogP contribution in [0.25, 0.3) is 5.69 Å². The highest BCUT2D eigenvalue weighted by Crippen LogP contribution is 2.28. The van der Waals surface area contributed by atoms with Gasteiger partial charge < -0.3 is 5.73 Å². The summed E-state index contributed by atoms with van der Waals surface area (Å²) >= 11 is 6.10. The Labute approximate surface area is 127 Å². The zero-order valence-electron chi connectivity index (χ0n) is 11.9. The van der Waals surface area contributed by atoms with Crippen LogP contribution in [0, 0.1) is 6.92 Å². The lowest BCUT2D eigenvalue weighted by Gasteiger charge is -2.11. The van der Waals surface area contributed by atoms with Crippen LogP contribution in [0.3, 0.4) is 0 Å². The standard InChI is InChI=1S/C15H16ClN5/c1-10-14(16)15(17)21(19-10)11(2)12-8-18-20(9-12)13-6-4-3-5-7-13/h3-9,11H,17H2,1-2H3. The van der Waals surface area contributed by atoms with E-state index in [0.717, 1.165) is 16.9 Å². The number of hydrogen-bond donors (Lipinski definition) is 1. The van der Waals surface area contributed by atoms with Crippen LogP contribution in [0.15, 0.2) is 42.7 Å². The van der Waals surface area contributed by atoms with Gasteiger partial charge in [0.1, 0.15) is 10.8 Å². The minimum Gasteiger partial charge on any atom is -0.383 e. The number of nitrogens with zero attached hydrogens (tertiary/aromatic N) is 4. The van der Waals surface area contributed by atoms with E-state index in [2.05, 4.69) is 10.2 Å². The third kappa shape index (κ3) is 2.40. The molecule has 2 heterocycles. The van der Waals surface area contributed by atoms with E-state index in [1.54, 1.807) is 4.68 Å². The van der Waals surface area contributed by atoms with Gasteiger partial charge in [-0.25, -0.2) is 9.36 Å². The predicted molar refractivity (Wildman–Crippen MR) is 83.8 cm³/mol. The van der Waals surface area contributed by atoms with E-state index in [0.29, 0.717) is 10.8 Å². The van der Waals surface area contributed by atoms with Crippen molar-refractivity contribution in [1.82, 2.24) is 19.6 Å². The predicted octanol–water partition coefficient (Wildman–Crippen LogP) is 3.22. The summed E-state index contributed by atoms with van der Waals surface area (Å²) < 4.78 is 3.56. The molecule has 1 atom stereocenters. The SMILES string of the molecule is Cc1nn(C(C)c2cnn(-c3ccccc3)c2)c(N)c1Cl. The van der Waals surface area contributed by atoms with Crippen molar-refractivity contribution in [3.63, 3.8) is 0 Å². The van der Waals surface area contributed by atoms with E-state index >= 15 is 0 Å². The van der Waals surface area contributed by atoms with Gasteiger partial charge in [0, 0.05) is 11.8 Å². The molecule has 0 amide bonds. The van der Waals surface area contributed by atoms with Gasteiger partial charge in [0.2, 0.25) is 0 Å². The number of hydrogen-bond acceptors (Lipinski definition) is 3. The first kappa shape index (κ1) is 13.7. The van der Waals surface area contributed by atoms with Gasteiger partial charge in [0.15, 0.2) is 0 Å². The summed E-state index contributed by atoms with van der Waals surface area (Å²) in [6.07, 6.45) is 3.80. The van der Waals surface area contributed by atoms with Crippen LogP contribution in [0.2, 0.25) is 5.02 Å². The minimum atomic E-state index is -0.0336. The monoisotopic (exact) mass is 301 g/mol. The number of nitrogens with two attached hydrogens (primary N) is 1. The summed E-state index contributed by atoms with van der Waals surface area (Å²) in [4.78, 5) is 0. The van der Waals surface area contributed by atoms with E-state index in [1.807, 2.05) is 61.3 Å². The van der Waals surface area contributed by atoms with Crippen molar-refractivity contribution in [2.45, 2.75) is 19.9 Å². The number of halogens is 1. The molecule has 0 aliphatic rings. The average Bonchev–Trinajstić information content (AvgIpc) is 3.09. The van der Waals surface area contributed by atoms with Gasteiger partial charge in [-0.15, -0.1) is 0 Å². The van der Waals surface area contributed by atoms with Crippen LogP contribution in [-0.4, -0.2) is 19.6 Å². The molecule has 0 bridgehead atoms. The molecular formula is C15H16ClN5. The maximum Gasteiger partial charge on any atom is 0.141 e. The molecule has 3 rings (SSSR count). The van der Waals surface area contributed by atoms with E-state index in [1.165, 1.54) is 0 Å². The summed E-state index contributed by atoms with van der Waals surface area (Å²) in [5.41, 5.74) is 8.76. The lowest BCUT2D eigenvalue weighted by atomic mass is 10.2. The lowest BCUT2D eigenvalue weighted by Crippen LogP contribution is -2.11. The molecule has 0 saturated heterocycles. The summed E-state index contributed by atoms with van der Waals surface area (Å²) in [6, 6.07) is 9.92. The van der Waals surface area contributed by atoms with Crippen molar-refractivity contribution in [3.8, 4) is 5.69 Å². The normalized spacial score (nSPS) is 12.5. The van der Waals surface area contributed by atoms with Crippen LogP contribution < -0.4 is 5.73 Å². The van der Waals surface area contributed by atoms with Crippen molar-refractivity contribution in [2.75, 3.05) is 5.73 Å². The van der Waals surface area contributed by atoms with Crippen molar-refractivity contribution in [3.05, 3.63) is 59.0 Å². The molecule has 0 radical (unpaired) electrons. The number of para-hydroxylation sites is 1. The fourth-order valence-corrected chi connectivity index (χ4v) is 2.38. The first-order valence-electron chi connectivity index (χ1n) is 6.68. The number of rotatable bonds is 3. The molecular weight excluding hydrogens is 286 g/mol. The van der Waals surface area contributed by atoms with Gasteiger partial charge in [-0.1, -0.05) is 29.8 Å². The summed E-state index contributed by atoms with van der Waals surface area (Å²) in [5, 5.41) is 9.30. The minimum absolute atomic E-state index is 0.0336. The molecule has 0 aliphatic carbocycles. The second kappa shape index (κ2) is 5.26. The van der Waals surface area contributed by atoms with Gasteiger partial charge in [-0.3, -0.25) is 0 Å². The Morgan fingerprint density at radius 3 is 2.57 bits per heavy atom. The Kier molecular flexibility index (Phi) is 3.43. The lowest BCUT2D eigenvalue weighted by molar-refractivity contribution is 0.569. The number of aromatic nitrogens is 4. The Morgan fingerprint density at radius 2 is 1.95 bits per heavy atom. The molecule has 0 aliphatic heterocycles. The third-order valence-electron chi connectivity index (χ3n) is 3.52. The van der Waals surface area contributed by atoms with Gasteiger partial charge in [-0.05, 0) is 26.0 Å². The van der Waals surface area contributed by atoms with Crippen molar-refractivity contribution >= 4 is 17.4 Å². The van der Waals surface area contributed by atoms with E-state index < -0.39 is 0 Å². The molecule has 3 aromatic rings. The fraction of sp³-hybridized carbons (Fsp3) is 0.200. The molecule has 0 spiro atoms. The van der Waals surface area contributed by atoms with Crippen LogP contribution in [0.5, 0.6) is 0 Å². The Bertz CT molecular complexity index is 760. The molecule has 1 aromatic carbocycles. The molecule has 2 aromatic heterocycles. The van der Waals surface area contributed by atoms with Crippen LogP contribution in [-0.2, 0) is 0 Å². The van der Waals surface area contributed by atoms with E-state index in [4.69, 9.17) is 17.3 Å². The zero-order chi connectivity index (χ0) is 15.0. The zero-order valence-corrected chi connectivity index (χ0v) is 12.6. The number of benzene rings is 1. The average molecular weight is 302 g/mol. The molecule has 2 N–H and O–H groups in total. The number of aryl methyl sites for hydroxylation is 1. The van der Waals surface area contributed by atoms with Crippen LogP contribution in [0.4, 0.5) is 5.82 Å². The van der Waals surface area contributed by atoms with Crippen LogP contribution in [0.1, 0.15) is 24.2 Å². The van der Waals surface area contributed by atoms with E-state index in [9.17, 15) is 0 Å². The summed E-state index contributed by atoms with van der Waals surface area (Å²) in [6.45, 7) is 3.86. The van der Waals surface area contributed by atoms with Gasteiger partial charge in [0.25, 0.3) is 0 Å². The molecule has 5 nitrogen and oxygen atoms in total. The highest BCUT2D eigenvalue weighted by Gasteiger charge is 2.18. The van der Waals surface area contributed by atoms with Crippen molar-refractivity contribution < 1.29 is 0 Å². The smallest absolute Gasteiger partial charge is 0.141 e. The largest absolute Gasteiger partial charge is 0.383 e. The molecule has 108 valence electrons. The summed E-state index contributed by atoms with van der Waals surface area (Å²) in [5.74, 6) is 0.481. The summed E-state index contributed by atoms with van der Waals surface area (Å²) in [7, 11) is 0. The molecule has 1 unspecified atom stereocenters. The molecule has 0 saturated carbocycles. The van der Waals surface area contributed by atoms with Crippen molar-refractivity contribution in [1.29, 1.82) is 0 Å². The van der Waals surface area contributed by atoms with Gasteiger partial charge in [0.05, 0.1) is 23.6 Å². The second-order valence-corrected chi connectivity index (χ2v) is 5.34. The van der Waals surface area contributed by atoms with E-state index in [-0.39, 0.29) is 6.04 Å². The highest BCUT2D eigenvalue weighted by molar-refractivity contribution is 6.33. The maximum atomic E-state index is 6.10. The molecule has 0 fully saturated rings. The Balaban J connectivity index is 1.94. The Hall–Kier alpha value is -2.27. The molecule has 6 heteroatoms. The maximum absolute atomic E-state index is 6.10. The second-order valence-electron chi connectivity index (χ2n) is 4.96. The quantitative estimate of drug-likeness (QED) is 0.808. The molecule has 21 heavy (non-hydrogen) atoms.